The third kappa shape index (κ3) is 4.87. The Morgan fingerprint density at radius 2 is 2.00 bits per heavy atom. The number of carbonyl (C=O) groups is 1. The number of nitrogens with zero attached hydrogens (tertiary/aromatic N) is 2. The first-order valence-electron chi connectivity index (χ1n) is 10.1. The second-order valence-electron chi connectivity index (χ2n) is 7.42. The minimum Gasteiger partial charge on any atom is -0.484 e. The third-order valence-electron chi connectivity index (χ3n) is 5.07. The molecule has 4 aromatic rings. The molecule has 0 aliphatic heterocycles. The second-order valence-corrected chi connectivity index (χ2v) is 7.42. The van der Waals surface area contributed by atoms with E-state index in [-0.39, 0.29) is 12.5 Å². The number of aryl methyl sites for hydroxylation is 2. The van der Waals surface area contributed by atoms with Gasteiger partial charge in [0.25, 0.3) is 5.91 Å². The summed E-state index contributed by atoms with van der Waals surface area (Å²) >= 11 is 0. The lowest BCUT2D eigenvalue weighted by molar-refractivity contribution is -0.123. The van der Waals surface area contributed by atoms with E-state index in [1.807, 2.05) is 38.1 Å². The molecule has 0 saturated heterocycles. The monoisotopic (exact) mass is 426 g/mol. The molecule has 0 spiro atoms. The van der Waals surface area contributed by atoms with Crippen molar-refractivity contribution in [2.24, 2.45) is 0 Å². The normalized spacial score (nSPS) is 11.3. The lowest BCUT2D eigenvalue weighted by Gasteiger charge is -2.07. The van der Waals surface area contributed by atoms with Crippen LogP contribution in [0.4, 0.5) is 0 Å². The van der Waals surface area contributed by atoms with Crippen LogP contribution in [0.1, 0.15) is 28.3 Å². The Hall–Kier alpha value is -4.31. The van der Waals surface area contributed by atoms with Crippen molar-refractivity contribution in [1.29, 1.82) is 5.26 Å². The van der Waals surface area contributed by atoms with E-state index in [1.54, 1.807) is 36.6 Å². The largest absolute Gasteiger partial charge is 0.484 e. The highest BCUT2D eigenvalue weighted by molar-refractivity contribution is 5.90. The van der Waals surface area contributed by atoms with Crippen LogP contribution < -0.4 is 10.1 Å². The predicted octanol–water partition coefficient (Wildman–Crippen LogP) is 4.53. The molecule has 2 aromatic carbocycles. The van der Waals surface area contributed by atoms with Gasteiger partial charge in [-0.1, -0.05) is 12.1 Å². The molecule has 1 amide bonds. The van der Waals surface area contributed by atoms with E-state index in [1.165, 1.54) is 5.56 Å². The number of furan rings is 1. The lowest BCUT2D eigenvalue weighted by Crippen LogP contribution is -2.28. The van der Waals surface area contributed by atoms with Crippen molar-refractivity contribution < 1.29 is 13.9 Å². The quantitative estimate of drug-likeness (QED) is 0.423. The molecule has 0 saturated carbocycles. The van der Waals surface area contributed by atoms with Gasteiger partial charge in [0, 0.05) is 0 Å². The van der Waals surface area contributed by atoms with Crippen molar-refractivity contribution in [2.45, 2.75) is 20.4 Å². The molecule has 0 aliphatic rings. The summed E-state index contributed by atoms with van der Waals surface area (Å²) in [6.07, 6.45) is 3.32. The smallest absolute Gasteiger partial charge is 0.258 e. The van der Waals surface area contributed by atoms with Crippen LogP contribution in [0.5, 0.6) is 5.75 Å². The van der Waals surface area contributed by atoms with Crippen LogP contribution in [-0.4, -0.2) is 22.5 Å². The van der Waals surface area contributed by atoms with Crippen LogP contribution in [-0.2, 0) is 11.3 Å². The first kappa shape index (κ1) is 20.9. The average molecular weight is 426 g/mol. The van der Waals surface area contributed by atoms with Crippen LogP contribution in [0.25, 0.3) is 22.7 Å². The summed E-state index contributed by atoms with van der Waals surface area (Å²) in [5, 5.41) is 12.4. The van der Waals surface area contributed by atoms with Crippen molar-refractivity contribution in [3.8, 4) is 11.8 Å². The van der Waals surface area contributed by atoms with Crippen molar-refractivity contribution in [1.82, 2.24) is 15.3 Å². The van der Waals surface area contributed by atoms with E-state index in [0.29, 0.717) is 29.5 Å². The summed E-state index contributed by atoms with van der Waals surface area (Å²) in [5.74, 6) is 1.52. The molecule has 7 nitrogen and oxygen atoms in total. The Balaban J connectivity index is 1.40. The van der Waals surface area contributed by atoms with Gasteiger partial charge in [-0.05, 0) is 73.0 Å². The molecule has 2 heterocycles. The summed E-state index contributed by atoms with van der Waals surface area (Å²) in [6.45, 7) is 4.30. The minimum atomic E-state index is -0.243. The molecule has 2 aromatic heterocycles. The number of ether oxygens (including phenoxy) is 1. The summed E-state index contributed by atoms with van der Waals surface area (Å²) in [5.41, 5.74) is 5.31. The van der Waals surface area contributed by atoms with Gasteiger partial charge in [-0.15, -0.1) is 0 Å². The zero-order valence-corrected chi connectivity index (χ0v) is 17.8. The number of carbonyl (C=O) groups excluding carboxylic acids is 1. The van der Waals surface area contributed by atoms with Crippen LogP contribution in [0, 0.1) is 25.2 Å². The Morgan fingerprint density at radius 3 is 2.72 bits per heavy atom. The summed E-state index contributed by atoms with van der Waals surface area (Å²) in [6, 6.07) is 17.0. The first-order valence-corrected chi connectivity index (χ1v) is 10.1. The fourth-order valence-electron chi connectivity index (χ4n) is 3.18. The van der Waals surface area contributed by atoms with Crippen molar-refractivity contribution in [3.05, 3.63) is 83.1 Å². The molecular formula is C25H22N4O3. The number of hydrogen-bond donors (Lipinski definition) is 2. The molecule has 0 bridgehead atoms. The molecule has 4 rings (SSSR count). The van der Waals surface area contributed by atoms with E-state index in [4.69, 9.17) is 9.15 Å². The van der Waals surface area contributed by atoms with Gasteiger partial charge >= 0.3 is 0 Å². The number of amides is 1. The van der Waals surface area contributed by atoms with Crippen molar-refractivity contribution in [2.75, 3.05) is 6.61 Å². The van der Waals surface area contributed by atoms with Gasteiger partial charge < -0.3 is 19.5 Å². The van der Waals surface area contributed by atoms with E-state index in [0.717, 1.165) is 22.2 Å². The number of allylic oxidation sites excluding steroid dienone is 1. The van der Waals surface area contributed by atoms with E-state index >= 15 is 0 Å². The Bertz CT molecular complexity index is 1270. The van der Waals surface area contributed by atoms with E-state index in [9.17, 15) is 10.1 Å². The van der Waals surface area contributed by atoms with Gasteiger partial charge in [0.2, 0.25) is 0 Å². The number of fused-ring (bicyclic) bond motifs is 1. The average Bonchev–Trinajstić information content (AvgIpc) is 3.45. The van der Waals surface area contributed by atoms with Gasteiger partial charge in [0.05, 0.1) is 29.4 Å². The van der Waals surface area contributed by atoms with Gasteiger partial charge in [-0.2, -0.15) is 5.26 Å². The molecule has 0 fully saturated rings. The maximum Gasteiger partial charge on any atom is 0.258 e. The first-order chi connectivity index (χ1) is 15.5. The Labute approximate surface area is 185 Å². The number of nitriles is 1. The molecule has 32 heavy (non-hydrogen) atoms. The van der Waals surface area contributed by atoms with Crippen molar-refractivity contribution >= 4 is 28.6 Å². The van der Waals surface area contributed by atoms with Gasteiger partial charge in [-0.3, -0.25) is 4.79 Å². The van der Waals surface area contributed by atoms with E-state index < -0.39 is 0 Å². The number of hydrogen-bond acceptors (Lipinski definition) is 5. The Kier molecular flexibility index (Phi) is 6.04. The number of rotatable bonds is 7. The third-order valence-corrected chi connectivity index (χ3v) is 5.07. The molecule has 0 radical (unpaired) electrons. The topological polar surface area (TPSA) is 104 Å². The maximum atomic E-state index is 11.9. The maximum absolute atomic E-state index is 11.9. The summed E-state index contributed by atoms with van der Waals surface area (Å²) < 4.78 is 10.7. The molecule has 160 valence electrons. The molecule has 0 aliphatic carbocycles. The number of aromatic nitrogens is 2. The second kappa shape index (κ2) is 9.23. The van der Waals surface area contributed by atoms with Crippen LogP contribution in [0.15, 0.2) is 59.2 Å². The fourth-order valence-corrected chi connectivity index (χ4v) is 3.18. The standard InChI is InChI=1S/C25H22N4O3/c1-16-10-22-23(11-17(16)2)29-25(28-22)19(13-26)12-18-5-7-20(8-6-18)32-15-24(30)27-14-21-4-3-9-31-21/h3-12H,14-15H2,1-2H3,(H,27,30)(H,28,29)/b19-12+. The zero-order chi connectivity index (χ0) is 22.5. The molecule has 0 atom stereocenters. The molecular weight excluding hydrogens is 404 g/mol. The molecule has 2 N–H and O–H groups in total. The highest BCUT2D eigenvalue weighted by atomic mass is 16.5. The highest BCUT2D eigenvalue weighted by Crippen LogP contribution is 2.22. The lowest BCUT2D eigenvalue weighted by atomic mass is 10.1. The van der Waals surface area contributed by atoms with Crippen molar-refractivity contribution in [3.63, 3.8) is 0 Å². The highest BCUT2D eigenvalue weighted by Gasteiger charge is 2.10. The van der Waals surface area contributed by atoms with E-state index in [2.05, 4.69) is 21.4 Å². The van der Waals surface area contributed by atoms with Gasteiger partial charge in [0.15, 0.2) is 6.61 Å². The van der Waals surface area contributed by atoms with Crippen LogP contribution in [0.2, 0.25) is 0 Å². The number of aromatic amines is 1. The number of nitrogens with one attached hydrogen (secondary N) is 2. The van der Waals surface area contributed by atoms with Crippen LogP contribution >= 0.6 is 0 Å². The SMILES string of the molecule is Cc1cc2nc(/C(C#N)=C/c3ccc(OCC(=O)NCc4ccco4)cc3)[nH]c2cc1C. The van der Waals surface area contributed by atoms with Crippen LogP contribution in [0.3, 0.4) is 0 Å². The Morgan fingerprint density at radius 1 is 1.22 bits per heavy atom. The predicted molar refractivity (Wildman–Crippen MR) is 122 cm³/mol. The molecule has 0 unspecified atom stereocenters. The zero-order valence-electron chi connectivity index (χ0n) is 17.8. The fraction of sp³-hybridized carbons (Fsp3) is 0.160. The number of imidazole rings is 1. The number of H-pyrrole nitrogens is 1. The number of benzene rings is 2. The minimum absolute atomic E-state index is 0.100. The summed E-state index contributed by atoms with van der Waals surface area (Å²) in [7, 11) is 0. The van der Waals surface area contributed by atoms with Gasteiger partial charge in [-0.25, -0.2) is 4.98 Å². The van der Waals surface area contributed by atoms with Gasteiger partial charge in [0.1, 0.15) is 23.4 Å². The summed E-state index contributed by atoms with van der Waals surface area (Å²) in [4.78, 5) is 19.7. The molecule has 7 heteroatoms.